The molecule has 1 saturated heterocycles. The first-order valence-corrected chi connectivity index (χ1v) is 8.03. The van der Waals surface area contributed by atoms with Crippen LogP contribution in [0.15, 0.2) is 18.2 Å². The number of nitrogens with zero attached hydrogens (tertiary/aromatic N) is 2. The average molecular weight is 325 g/mol. The van der Waals surface area contributed by atoms with E-state index in [9.17, 15) is 4.79 Å². The molecule has 0 aromatic heterocycles. The van der Waals surface area contributed by atoms with E-state index in [0.717, 1.165) is 38.3 Å². The van der Waals surface area contributed by atoms with E-state index in [2.05, 4.69) is 30.6 Å². The van der Waals surface area contributed by atoms with Gasteiger partial charge in [-0.3, -0.25) is 9.80 Å². The third kappa shape index (κ3) is 4.22. The molecular formula is C17H25ClN2O2. The topological polar surface area (TPSA) is 32.8 Å². The lowest BCUT2D eigenvalue weighted by atomic mass is 10.0. The monoisotopic (exact) mass is 324 g/mol. The van der Waals surface area contributed by atoms with Crippen molar-refractivity contribution in [3.63, 3.8) is 0 Å². The number of ether oxygens (including phenoxy) is 1. The summed E-state index contributed by atoms with van der Waals surface area (Å²) in [6.07, 6.45) is 0. The predicted octanol–water partition coefficient (Wildman–Crippen LogP) is 3.04. The molecule has 1 aliphatic rings. The molecule has 0 bridgehead atoms. The number of carbonyl (C=O) groups excluding carboxylic acids is 1. The lowest BCUT2D eigenvalue weighted by Crippen LogP contribution is -2.53. The normalized spacial score (nSPS) is 17.5. The second kappa shape index (κ2) is 6.99. The fourth-order valence-electron chi connectivity index (χ4n) is 2.80. The van der Waals surface area contributed by atoms with Gasteiger partial charge in [-0.15, -0.1) is 0 Å². The Morgan fingerprint density at radius 3 is 2.41 bits per heavy atom. The first kappa shape index (κ1) is 17.3. The summed E-state index contributed by atoms with van der Waals surface area (Å²) in [5.74, 6) is -0.328. The molecule has 0 amide bonds. The standard InChI is InChI=1S/C17H25ClN2O2/c1-17(2,3)20-9-7-19(8-10-20)12-13-5-6-14(18)11-15(13)16(21)22-4/h5-6,11H,7-10,12H2,1-4H3. The number of piperazine rings is 1. The first-order chi connectivity index (χ1) is 10.3. The zero-order valence-electron chi connectivity index (χ0n) is 13.9. The van der Waals surface area contributed by atoms with Gasteiger partial charge in [0.05, 0.1) is 12.7 Å². The highest BCUT2D eigenvalue weighted by atomic mass is 35.5. The number of halogens is 1. The maximum atomic E-state index is 11.9. The molecule has 0 atom stereocenters. The summed E-state index contributed by atoms with van der Waals surface area (Å²) in [6.45, 7) is 11.6. The van der Waals surface area contributed by atoms with Crippen LogP contribution in [0.3, 0.4) is 0 Å². The van der Waals surface area contributed by atoms with Gasteiger partial charge in [-0.05, 0) is 38.5 Å². The van der Waals surface area contributed by atoms with Crippen LogP contribution < -0.4 is 0 Å². The number of methoxy groups -OCH3 is 1. The first-order valence-electron chi connectivity index (χ1n) is 7.65. The second-order valence-electron chi connectivity index (χ2n) is 6.73. The fraction of sp³-hybridized carbons (Fsp3) is 0.588. The Labute approximate surface area is 138 Å². The Bertz CT molecular complexity index is 532. The second-order valence-corrected chi connectivity index (χ2v) is 7.16. The summed E-state index contributed by atoms with van der Waals surface area (Å²) in [5, 5.41) is 0.557. The molecule has 1 aliphatic heterocycles. The highest BCUT2D eigenvalue weighted by molar-refractivity contribution is 6.31. The fourth-order valence-corrected chi connectivity index (χ4v) is 2.98. The van der Waals surface area contributed by atoms with Crippen LogP contribution in [0.2, 0.25) is 5.02 Å². The molecule has 0 N–H and O–H groups in total. The van der Waals surface area contributed by atoms with Crippen molar-refractivity contribution < 1.29 is 9.53 Å². The van der Waals surface area contributed by atoms with Crippen LogP contribution >= 0.6 is 11.6 Å². The zero-order valence-corrected chi connectivity index (χ0v) is 14.6. The number of benzene rings is 1. The van der Waals surface area contributed by atoms with Gasteiger partial charge in [-0.2, -0.15) is 0 Å². The van der Waals surface area contributed by atoms with Crippen molar-refractivity contribution in [3.8, 4) is 0 Å². The van der Waals surface area contributed by atoms with E-state index in [4.69, 9.17) is 16.3 Å². The van der Waals surface area contributed by atoms with Crippen molar-refractivity contribution in [3.05, 3.63) is 34.3 Å². The van der Waals surface area contributed by atoms with Gasteiger partial charge in [0.1, 0.15) is 0 Å². The Balaban J connectivity index is 2.05. The van der Waals surface area contributed by atoms with E-state index in [1.54, 1.807) is 6.07 Å². The minimum absolute atomic E-state index is 0.212. The highest BCUT2D eigenvalue weighted by Crippen LogP contribution is 2.21. The Kier molecular flexibility index (Phi) is 5.48. The van der Waals surface area contributed by atoms with Crippen LogP contribution in [0.1, 0.15) is 36.7 Å². The molecule has 5 heteroatoms. The van der Waals surface area contributed by atoms with E-state index in [1.807, 2.05) is 12.1 Å². The molecule has 4 nitrogen and oxygen atoms in total. The summed E-state index contributed by atoms with van der Waals surface area (Å²) in [5.41, 5.74) is 1.75. The van der Waals surface area contributed by atoms with Crippen LogP contribution in [0, 0.1) is 0 Å². The summed E-state index contributed by atoms with van der Waals surface area (Å²) < 4.78 is 4.86. The van der Waals surface area contributed by atoms with E-state index in [-0.39, 0.29) is 11.5 Å². The van der Waals surface area contributed by atoms with Crippen LogP contribution in [-0.4, -0.2) is 54.6 Å². The highest BCUT2D eigenvalue weighted by Gasteiger charge is 2.26. The third-order valence-electron chi connectivity index (χ3n) is 4.19. The Morgan fingerprint density at radius 2 is 1.86 bits per heavy atom. The number of hydrogen-bond donors (Lipinski definition) is 0. The van der Waals surface area contributed by atoms with E-state index >= 15 is 0 Å². The molecule has 22 heavy (non-hydrogen) atoms. The molecule has 1 fully saturated rings. The molecule has 1 aromatic carbocycles. The van der Waals surface area contributed by atoms with Gasteiger partial charge in [-0.1, -0.05) is 17.7 Å². The number of hydrogen-bond acceptors (Lipinski definition) is 4. The summed E-state index contributed by atoms with van der Waals surface area (Å²) in [7, 11) is 1.40. The maximum Gasteiger partial charge on any atom is 0.338 e. The Morgan fingerprint density at radius 1 is 1.23 bits per heavy atom. The SMILES string of the molecule is COC(=O)c1cc(Cl)ccc1CN1CCN(C(C)(C)C)CC1. The molecule has 0 spiro atoms. The Hall–Kier alpha value is -1.10. The minimum atomic E-state index is -0.328. The van der Waals surface area contributed by atoms with Gasteiger partial charge in [0.25, 0.3) is 0 Å². The largest absolute Gasteiger partial charge is 0.465 e. The van der Waals surface area contributed by atoms with Gasteiger partial charge < -0.3 is 4.74 Å². The average Bonchev–Trinajstić information content (AvgIpc) is 2.48. The van der Waals surface area contributed by atoms with E-state index in [1.165, 1.54) is 7.11 Å². The van der Waals surface area contributed by atoms with E-state index in [0.29, 0.717) is 10.6 Å². The van der Waals surface area contributed by atoms with E-state index < -0.39 is 0 Å². The smallest absolute Gasteiger partial charge is 0.338 e. The summed E-state index contributed by atoms with van der Waals surface area (Å²) in [4.78, 5) is 16.8. The quantitative estimate of drug-likeness (QED) is 0.800. The molecule has 0 saturated carbocycles. The van der Waals surface area contributed by atoms with Crippen molar-refractivity contribution in [2.45, 2.75) is 32.9 Å². The molecule has 1 heterocycles. The molecular weight excluding hydrogens is 300 g/mol. The number of rotatable bonds is 3. The number of esters is 1. The van der Waals surface area contributed by atoms with Crippen molar-refractivity contribution in [1.82, 2.24) is 9.80 Å². The number of carbonyl (C=O) groups is 1. The third-order valence-corrected chi connectivity index (χ3v) is 4.43. The van der Waals surface area contributed by atoms with Crippen molar-refractivity contribution in [2.75, 3.05) is 33.3 Å². The van der Waals surface area contributed by atoms with Gasteiger partial charge in [0.2, 0.25) is 0 Å². The van der Waals surface area contributed by atoms with Gasteiger partial charge in [0.15, 0.2) is 0 Å². The van der Waals surface area contributed by atoms with Crippen molar-refractivity contribution in [2.24, 2.45) is 0 Å². The van der Waals surface area contributed by atoms with Gasteiger partial charge >= 0.3 is 5.97 Å². The van der Waals surface area contributed by atoms with Crippen molar-refractivity contribution >= 4 is 17.6 Å². The van der Waals surface area contributed by atoms with Crippen LogP contribution in [0.5, 0.6) is 0 Å². The molecule has 122 valence electrons. The van der Waals surface area contributed by atoms with Crippen LogP contribution in [-0.2, 0) is 11.3 Å². The molecule has 0 unspecified atom stereocenters. The van der Waals surface area contributed by atoms with Crippen LogP contribution in [0.4, 0.5) is 0 Å². The lowest BCUT2D eigenvalue weighted by molar-refractivity contribution is 0.0565. The predicted molar refractivity (Wildman–Crippen MR) is 89.4 cm³/mol. The van der Waals surface area contributed by atoms with Gasteiger partial charge in [0, 0.05) is 43.3 Å². The minimum Gasteiger partial charge on any atom is -0.465 e. The summed E-state index contributed by atoms with van der Waals surface area (Å²) >= 11 is 6.00. The molecule has 0 aliphatic carbocycles. The lowest BCUT2D eigenvalue weighted by Gasteiger charge is -2.42. The molecule has 1 aromatic rings. The van der Waals surface area contributed by atoms with Crippen LogP contribution in [0.25, 0.3) is 0 Å². The zero-order chi connectivity index (χ0) is 16.3. The van der Waals surface area contributed by atoms with Crippen molar-refractivity contribution in [1.29, 1.82) is 0 Å². The molecule has 2 rings (SSSR count). The summed E-state index contributed by atoms with van der Waals surface area (Å²) in [6, 6.07) is 5.44. The van der Waals surface area contributed by atoms with Gasteiger partial charge in [-0.25, -0.2) is 4.79 Å². The maximum absolute atomic E-state index is 11.9. The molecule has 0 radical (unpaired) electrons.